The lowest BCUT2D eigenvalue weighted by Gasteiger charge is -2.06. The van der Waals surface area contributed by atoms with E-state index in [1.54, 1.807) is 17.8 Å². The van der Waals surface area contributed by atoms with Gasteiger partial charge < -0.3 is 9.84 Å². The Kier molecular flexibility index (Phi) is 2.25. The van der Waals surface area contributed by atoms with Crippen LogP contribution in [-0.2, 0) is 4.74 Å². The van der Waals surface area contributed by atoms with Crippen LogP contribution in [-0.4, -0.2) is 34.1 Å². The molecule has 2 heterocycles. The minimum absolute atomic E-state index is 0.196. The van der Waals surface area contributed by atoms with Crippen LogP contribution in [0.15, 0.2) is 6.20 Å². The Morgan fingerprint density at radius 1 is 1.79 bits per heavy atom. The van der Waals surface area contributed by atoms with E-state index in [9.17, 15) is 4.79 Å². The number of aromatic carboxylic acids is 1. The van der Waals surface area contributed by atoms with Gasteiger partial charge in [0.25, 0.3) is 0 Å². The van der Waals surface area contributed by atoms with Crippen molar-refractivity contribution in [3.8, 4) is 0 Å². The van der Waals surface area contributed by atoms with Crippen LogP contribution in [0.3, 0.4) is 0 Å². The van der Waals surface area contributed by atoms with Gasteiger partial charge in [-0.25, -0.2) is 4.79 Å². The summed E-state index contributed by atoms with van der Waals surface area (Å²) in [7, 11) is 0. The first-order chi connectivity index (χ1) is 6.68. The van der Waals surface area contributed by atoms with E-state index in [0.717, 1.165) is 13.0 Å². The number of hydrogen-bond acceptors (Lipinski definition) is 3. The van der Waals surface area contributed by atoms with Gasteiger partial charge in [0.15, 0.2) is 0 Å². The maximum atomic E-state index is 10.8. The molecule has 0 spiro atoms. The van der Waals surface area contributed by atoms with Crippen molar-refractivity contribution in [1.29, 1.82) is 0 Å². The summed E-state index contributed by atoms with van der Waals surface area (Å²) in [5.74, 6) is -0.923. The topological polar surface area (TPSA) is 64.4 Å². The lowest BCUT2D eigenvalue weighted by atomic mass is 10.2. The Morgan fingerprint density at radius 2 is 2.57 bits per heavy atom. The van der Waals surface area contributed by atoms with Gasteiger partial charge in [0.05, 0.1) is 18.3 Å². The number of nitrogens with zero attached hydrogens (tertiary/aromatic N) is 2. The molecule has 5 nitrogen and oxygen atoms in total. The molecule has 0 aliphatic carbocycles. The zero-order valence-electron chi connectivity index (χ0n) is 7.93. The molecule has 14 heavy (non-hydrogen) atoms. The van der Waals surface area contributed by atoms with E-state index in [0.29, 0.717) is 12.3 Å². The van der Waals surface area contributed by atoms with Crippen LogP contribution < -0.4 is 0 Å². The van der Waals surface area contributed by atoms with E-state index in [4.69, 9.17) is 9.84 Å². The number of aromatic nitrogens is 2. The predicted octanol–water partition coefficient (Wildman–Crippen LogP) is 0.851. The Bertz CT molecular complexity index is 353. The summed E-state index contributed by atoms with van der Waals surface area (Å²) in [5, 5.41) is 13.0. The average Bonchev–Trinajstić information content (AvgIpc) is 2.70. The van der Waals surface area contributed by atoms with E-state index in [1.165, 1.54) is 0 Å². The molecular formula is C9H12N2O3. The highest BCUT2D eigenvalue weighted by molar-refractivity contribution is 5.88. The van der Waals surface area contributed by atoms with Crippen LogP contribution in [0.4, 0.5) is 0 Å². The van der Waals surface area contributed by atoms with Crippen molar-refractivity contribution in [2.75, 3.05) is 13.2 Å². The van der Waals surface area contributed by atoms with E-state index in [2.05, 4.69) is 5.10 Å². The van der Waals surface area contributed by atoms with Gasteiger partial charge >= 0.3 is 5.97 Å². The molecule has 5 heteroatoms. The molecule has 1 aliphatic heterocycles. The minimum Gasteiger partial charge on any atom is -0.478 e. The van der Waals surface area contributed by atoms with Crippen LogP contribution in [0.25, 0.3) is 0 Å². The lowest BCUT2D eigenvalue weighted by Crippen LogP contribution is -2.09. The van der Waals surface area contributed by atoms with Gasteiger partial charge in [-0.1, -0.05) is 0 Å². The van der Waals surface area contributed by atoms with E-state index in [-0.39, 0.29) is 11.6 Å². The van der Waals surface area contributed by atoms with E-state index in [1.807, 2.05) is 0 Å². The molecule has 1 fully saturated rings. The quantitative estimate of drug-likeness (QED) is 0.761. The van der Waals surface area contributed by atoms with Crippen molar-refractivity contribution in [1.82, 2.24) is 9.78 Å². The second kappa shape index (κ2) is 3.42. The molecule has 1 aliphatic rings. The fourth-order valence-corrected chi connectivity index (χ4v) is 1.61. The molecule has 1 saturated heterocycles. The van der Waals surface area contributed by atoms with Gasteiger partial charge in [-0.05, 0) is 13.3 Å². The Labute approximate surface area is 81.3 Å². The van der Waals surface area contributed by atoms with Crippen molar-refractivity contribution in [2.24, 2.45) is 0 Å². The van der Waals surface area contributed by atoms with Gasteiger partial charge in [0, 0.05) is 12.8 Å². The van der Waals surface area contributed by atoms with Crippen LogP contribution in [0.1, 0.15) is 28.5 Å². The Hall–Kier alpha value is -1.36. The molecule has 0 radical (unpaired) electrons. The van der Waals surface area contributed by atoms with Gasteiger partial charge in [0.1, 0.15) is 5.56 Å². The standard InChI is InChI=1S/C9H12N2O3/c1-6-8(9(12)13)4-11(10-6)7-2-3-14-5-7/h4,7H,2-3,5H2,1H3,(H,12,13)/t7-/m1/s1. The smallest absolute Gasteiger partial charge is 0.339 e. The molecular weight excluding hydrogens is 184 g/mol. The first kappa shape index (κ1) is 9.21. The van der Waals surface area contributed by atoms with E-state index < -0.39 is 5.97 Å². The number of carboxylic acid groups (broad SMARTS) is 1. The zero-order valence-corrected chi connectivity index (χ0v) is 7.93. The van der Waals surface area contributed by atoms with Crippen molar-refractivity contribution in [2.45, 2.75) is 19.4 Å². The van der Waals surface area contributed by atoms with Gasteiger partial charge in [-0.2, -0.15) is 5.10 Å². The second-order valence-corrected chi connectivity index (χ2v) is 3.43. The highest BCUT2D eigenvalue weighted by Gasteiger charge is 2.21. The summed E-state index contributed by atoms with van der Waals surface area (Å²) in [5.41, 5.74) is 0.835. The summed E-state index contributed by atoms with van der Waals surface area (Å²) >= 11 is 0. The van der Waals surface area contributed by atoms with E-state index >= 15 is 0 Å². The summed E-state index contributed by atoms with van der Waals surface area (Å²) in [6.45, 7) is 3.06. The highest BCUT2D eigenvalue weighted by atomic mass is 16.5. The summed E-state index contributed by atoms with van der Waals surface area (Å²) in [6, 6.07) is 0.196. The maximum absolute atomic E-state index is 10.8. The third-order valence-electron chi connectivity index (χ3n) is 2.43. The number of aryl methyl sites for hydroxylation is 1. The molecule has 0 aromatic carbocycles. The molecule has 0 unspecified atom stereocenters. The molecule has 1 N–H and O–H groups in total. The third kappa shape index (κ3) is 1.50. The van der Waals surface area contributed by atoms with Crippen molar-refractivity contribution in [3.05, 3.63) is 17.5 Å². The van der Waals surface area contributed by atoms with Crippen LogP contribution in [0, 0.1) is 6.92 Å². The summed E-state index contributed by atoms with van der Waals surface area (Å²) in [6.07, 6.45) is 2.48. The normalized spacial score (nSPS) is 21.4. The molecule has 0 amide bonds. The van der Waals surface area contributed by atoms with Crippen molar-refractivity contribution in [3.63, 3.8) is 0 Å². The molecule has 0 saturated carbocycles. The second-order valence-electron chi connectivity index (χ2n) is 3.43. The predicted molar refractivity (Wildman–Crippen MR) is 48.4 cm³/mol. The van der Waals surface area contributed by atoms with Crippen LogP contribution in [0.2, 0.25) is 0 Å². The molecule has 1 aromatic heterocycles. The number of hydrogen-bond donors (Lipinski definition) is 1. The number of carbonyl (C=O) groups is 1. The highest BCUT2D eigenvalue weighted by Crippen LogP contribution is 2.19. The number of ether oxygens (including phenoxy) is 1. The first-order valence-corrected chi connectivity index (χ1v) is 4.55. The Morgan fingerprint density at radius 3 is 3.07 bits per heavy atom. The van der Waals surface area contributed by atoms with Gasteiger partial charge in [-0.15, -0.1) is 0 Å². The molecule has 76 valence electrons. The van der Waals surface area contributed by atoms with Crippen LogP contribution >= 0.6 is 0 Å². The first-order valence-electron chi connectivity index (χ1n) is 4.55. The monoisotopic (exact) mass is 196 g/mol. The SMILES string of the molecule is Cc1nn([C@@H]2CCOC2)cc1C(=O)O. The zero-order chi connectivity index (χ0) is 10.1. The average molecular weight is 196 g/mol. The van der Waals surface area contributed by atoms with Gasteiger partial charge in [0.2, 0.25) is 0 Å². The van der Waals surface area contributed by atoms with Crippen molar-refractivity contribution < 1.29 is 14.6 Å². The summed E-state index contributed by atoms with van der Waals surface area (Å²) < 4.78 is 6.91. The van der Waals surface area contributed by atoms with Crippen molar-refractivity contribution >= 4 is 5.97 Å². The maximum Gasteiger partial charge on any atom is 0.339 e. The fraction of sp³-hybridized carbons (Fsp3) is 0.556. The summed E-state index contributed by atoms with van der Waals surface area (Å²) in [4.78, 5) is 10.8. The lowest BCUT2D eigenvalue weighted by molar-refractivity contribution is 0.0696. The number of carboxylic acids is 1. The minimum atomic E-state index is -0.923. The molecule has 2 rings (SSSR count). The third-order valence-corrected chi connectivity index (χ3v) is 2.43. The van der Waals surface area contributed by atoms with Crippen LogP contribution in [0.5, 0.6) is 0 Å². The largest absolute Gasteiger partial charge is 0.478 e. The molecule has 0 bridgehead atoms. The Balaban J connectivity index is 2.27. The fourth-order valence-electron chi connectivity index (χ4n) is 1.61. The molecule has 1 atom stereocenters. The van der Waals surface area contributed by atoms with Gasteiger partial charge in [-0.3, -0.25) is 4.68 Å². The number of rotatable bonds is 2. The molecule has 1 aromatic rings.